The molecule has 2 saturated heterocycles. The van der Waals surface area contributed by atoms with Crippen LogP contribution in [0.15, 0.2) is 57.7 Å². The predicted molar refractivity (Wildman–Crippen MR) is 153 cm³/mol. The van der Waals surface area contributed by atoms with Crippen LogP contribution in [-0.4, -0.2) is 95.5 Å². The van der Waals surface area contributed by atoms with Crippen molar-refractivity contribution in [3.63, 3.8) is 0 Å². The number of benzene rings is 1. The number of likely N-dealkylation sites (tertiary alicyclic amines) is 1. The summed E-state index contributed by atoms with van der Waals surface area (Å²) < 4.78 is 45.8. The van der Waals surface area contributed by atoms with Gasteiger partial charge in [-0.3, -0.25) is 19.3 Å². The predicted octanol–water partition coefficient (Wildman–Crippen LogP) is 1.77. The summed E-state index contributed by atoms with van der Waals surface area (Å²) in [4.78, 5) is 66.1. The molecule has 0 bridgehead atoms. The lowest BCUT2D eigenvalue weighted by Gasteiger charge is -2.49. The largest absolute Gasteiger partial charge is 0.490 e. The Morgan fingerprint density at radius 3 is 2.43 bits per heavy atom. The van der Waals surface area contributed by atoms with Crippen LogP contribution in [0.1, 0.15) is 17.7 Å². The molecule has 244 valence electrons. The average Bonchev–Trinajstić information content (AvgIpc) is 3.57. The van der Waals surface area contributed by atoms with Gasteiger partial charge in [0.15, 0.2) is 10.8 Å². The number of thiazole rings is 1. The highest BCUT2D eigenvalue weighted by atomic mass is 32.2. The number of oxime groups is 1. The third kappa shape index (κ3) is 7.12. The number of nitrogens with one attached hydrogen (secondary N) is 1. The van der Waals surface area contributed by atoms with E-state index >= 15 is 0 Å². The Kier molecular flexibility index (Phi) is 10.00. The summed E-state index contributed by atoms with van der Waals surface area (Å²) in [5, 5.41) is 32.6. The number of anilines is 1. The molecule has 1 aromatic heterocycles. The molecule has 14 nitrogen and oxygen atoms in total. The standard InChI is InChI=1S/C24H21FN6O6S2.C2HF3O2/c25-14-4-2-1-3-12(14)8-30-6-5-11(20(30)33)7-13-9-38-22-17(21(34)31(22)18(13)23(35)36)28-19(32)16(29-37)15-10-39-24(26)27-15;3-2(4,5)1(6)7/h1-4,7,10,17,22,37H,5-6,8-9H2,(H2,26,27)(H,28,32)(H,35,36);(H,6,7)/b11-7+,29-16-;/t17-,22-;/m1./s1. The normalized spacial score (nSPS) is 20.6. The molecule has 3 aliphatic rings. The third-order valence-corrected chi connectivity index (χ3v) is 8.67. The maximum absolute atomic E-state index is 14.0. The van der Waals surface area contributed by atoms with Gasteiger partial charge in [-0.05, 0) is 24.1 Å². The van der Waals surface area contributed by atoms with E-state index in [1.165, 1.54) is 34.2 Å². The number of allylic oxidation sites excluding steroid dienone is 1. The number of rotatable bonds is 7. The van der Waals surface area contributed by atoms with E-state index in [1.807, 2.05) is 0 Å². The zero-order valence-corrected chi connectivity index (χ0v) is 24.7. The highest BCUT2D eigenvalue weighted by Crippen LogP contribution is 2.41. The summed E-state index contributed by atoms with van der Waals surface area (Å²) in [5.41, 5.74) is 5.91. The number of thioether (sulfide) groups is 1. The molecule has 3 aliphatic heterocycles. The maximum Gasteiger partial charge on any atom is 0.490 e. The Balaban J connectivity index is 0.000000617. The number of nitrogens with zero attached hydrogens (tertiary/aromatic N) is 4. The van der Waals surface area contributed by atoms with Crippen molar-refractivity contribution in [3.8, 4) is 0 Å². The smallest absolute Gasteiger partial charge is 0.477 e. The maximum atomic E-state index is 14.0. The van der Waals surface area contributed by atoms with Crippen molar-refractivity contribution in [2.45, 2.75) is 30.6 Å². The number of carboxylic acids is 2. The Labute approximate surface area is 263 Å². The van der Waals surface area contributed by atoms with Gasteiger partial charge in [0, 0.05) is 35.4 Å². The fraction of sp³-hybridized carbons (Fsp3) is 0.269. The molecule has 0 spiro atoms. The van der Waals surface area contributed by atoms with E-state index in [2.05, 4.69) is 15.5 Å². The molecule has 4 heterocycles. The molecule has 0 saturated carbocycles. The Morgan fingerprint density at radius 2 is 1.87 bits per heavy atom. The molecule has 0 aliphatic carbocycles. The second kappa shape index (κ2) is 13.6. The van der Waals surface area contributed by atoms with E-state index in [-0.39, 0.29) is 40.3 Å². The summed E-state index contributed by atoms with van der Waals surface area (Å²) in [6.45, 7) is 0.434. The topological polar surface area (TPSA) is 216 Å². The van der Waals surface area contributed by atoms with Crippen molar-refractivity contribution in [2.75, 3.05) is 18.0 Å². The van der Waals surface area contributed by atoms with Gasteiger partial charge >= 0.3 is 18.1 Å². The van der Waals surface area contributed by atoms with Crippen LogP contribution in [0, 0.1) is 5.82 Å². The lowest BCUT2D eigenvalue weighted by molar-refractivity contribution is -0.192. The van der Waals surface area contributed by atoms with E-state index in [1.54, 1.807) is 18.2 Å². The first-order valence-corrected chi connectivity index (χ1v) is 14.8. The van der Waals surface area contributed by atoms with E-state index in [9.17, 15) is 47.1 Å². The van der Waals surface area contributed by atoms with Crippen molar-refractivity contribution in [3.05, 3.63) is 69.6 Å². The highest BCUT2D eigenvalue weighted by molar-refractivity contribution is 8.00. The molecule has 6 N–H and O–H groups in total. The van der Waals surface area contributed by atoms with Gasteiger partial charge < -0.3 is 31.4 Å². The monoisotopic (exact) mass is 686 g/mol. The van der Waals surface area contributed by atoms with Gasteiger partial charge in [-0.1, -0.05) is 23.4 Å². The first kappa shape index (κ1) is 33.9. The minimum Gasteiger partial charge on any atom is -0.477 e. The summed E-state index contributed by atoms with van der Waals surface area (Å²) >= 11 is 2.25. The van der Waals surface area contributed by atoms with Crippen molar-refractivity contribution < 1.29 is 57.0 Å². The highest BCUT2D eigenvalue weighted by Gasteiger charge is 2.54. The molecular formula is C26H22F4N6O8S2. The average molecular weight is 687 g/mol. The number of nitrogen functional groups attached to an aromatic ring is 1. The SMILES string of the molecule is Nc1nc(/C(=N/O)C(=O)N[C@@H]2C(=O)N3C(C(=O)O)=C(/C=C4\CCN(Cc5ccccc5F)C4=O)CS[C@H]23)cs1.O=C(O)C(F)(F)F. The number of carbonyl (C=O) groups is 5. The van der Waals surface area contributed by atoms with Crippen LogP contribution < -0.4 is 11.1 Å². The second-order valence-electron chi connectivity index (χ2n) is 9.60. The van der Waals surface area contributed by atoms with Crippen LogP contribution in [-0.2, 0) is 30.5 Å². The zero-order chi connectivity index (χ0) is 33.9. The van der Waals surface area contributed by atoms with E-state index in [0.29, 0.717) is 24.1 Å². The summed E-state index contributed by atoms with van der Waals surface area (Å²) in [7, 11) is 0. The van der Waals surface area contributed by atoms with Crippen molar-refractivity contribution in [1.82, 2.24) is 20.1 Å². The number of carboxylic acid groups (broad SMARTS) is 2. The van der Waals surface area contributed by atoms with E-state index in [4.69, 9.17) is 15.6 Å². The first-order chi connectivity index (χ1) is 21.6. The number of β-lactam (4-membered cyclic amide) rings is 1. The lowest BCUT2D eigenvalue weighted by atomic mass is 10.0. The van der Waals surface area contributed by atoms with Gasteiger partial charge in [-0.2, -0.15) is 13.2 Å². The van der Waals surface area contributed by atoms with Gasteiger partial charge in [-0.25, -0.2) is 19.0 Å². The van der Waals surface area contributed by atoms with Crippen molar-refractivity contribution >= 4 is 63.6 Å². The Bertz CT molecular complexity index is 1690. The molecule has 3 amide bonds. The molecule has 2 atom stereocenters. The molecular weight excluding hydrogens is 664 g/mol. The molecule has 1 aromatic carbocycles. The third-order valence-electron chi connectivity index (χ3n) is 6.69. The molecule has 0 unspecified atom stereocenters. The summed E-state index contributed by atoms with van der Waals surface area (Å²) in [6, 6.07) is 5.09. The van der Waals surface area contributed by atoms with Crippen molar-refractivity contribution in [1.29, 1.82) is 0 Å². The number of aliphatic carboxylic acids is 2. The van der Waals surface area contributed by atoms with Gasteiger partial charge in [0.1, 0.15) is 28.6 Å². The molecule has 5 rings (SSSR count). The molecule has 20 heteroatoms. The number of nitrogens with two attached hydrogens (primary N) is 1. The molecule has 46 heavy (non-hydrogen) atoms. The number of hydrogen-bond acceptors (Lipinski definition) is 11. The van der Waals surface area contributed by atoms with E-state index < -0.39 is 52.9 Å². The number of alkyl halides is 3. The van der Waals surface area contributed by atoms with Crippen LogP contribution >= 0.6 is 23.1 Å². The van der Waals surface area contributed by atoms with Crippen LogP contribution in [0.3, 0.4) is 0 Å². The van der Waals surface area contributed by atoms with Gasteiger partial charge in [-0.15, -0.1) is 23.1 Å². The minimum absolute atomic E-state index is 0.0303. The molecule has 0 radical (unpaired) electrons. The fourth-order valence-electron chi connectivity index (χ4n) is 4.57. The number of amides is 3. The number of carbonyl (C=O) groups excluding carboxylic acids is 3. The number of halogens is 4. The van der Waals surface area contributed by atoms with Crippen LogP contribution in [0.5, 0.6) is 0 Å². The summed E-state index contributed by atoms with van der Waals surface area (Å²) in [5.74, 6) is -6.23. The van der Waals surface area contributed by atoms with E-state index in [0.717, 1.165) is 16.2 Å². The Morgan fingerprint density at radius 1 is 1.20 bits per heavy atom. The second-order valence-corrected chi connectivity index (χ2v) is 11.6. The van der Waals surface area contributed by atoms with Gasteiger partial charge in [0.25, 0.3) is 11.8 Å². The summed E-state index contributed by atoms with van der Waals surface area (Å²) in [6.07, 6.45) is -3.26. The minimum atomic E-state index is -5.08. The first-order valence-electron chi connectivity index (χ1n) is 12.8. The number of hydrogen-bond donors (Lipinski definition) is 5. The van der Waals surface area contributed by atoms with Gasteiger partial charge in [0.05, 0.1) is 0 Å². The fourth-order valence-corrected chi connectivity index (χ4v) is 6.42. The van der Waals surface area contributed by atoms with Gasteiger partial charge in [0.2, 0.25) is 5.91 Å². The Hall–Kier alpha value is -4.98. The van der Waals surface area contributed by atoms with Crippen molar-refractivity contribution in [2.24, 2.45) is 5.16 Å². The molecule has 2 fully saturated rings. The number of aromatic nitrogens is 1. The quantitative estimate of drug-likeness (QED) is 0.0707. The zero-order valence-electron chi connectivity index (χ0n) is 23.0. The van der Waals surface area contributed by atoms with Crippen LogP contribution in [0.2, 0.25) is 0 Å². The van der Waals surface area contributed by atoms with Crippen LogP contribution in [0.4, 0.5) is 22.7 Å². The lowest BCUT2D eigenvalue weighted by Crippen LogP contribution is -2.71. The number of fused-ring (bicyclic) bond motifs is 1. The van der Waals surface area contributed by atoms with Crippen LogP contribution in [0.25, 0.3) is 0 Å². The molecule has 2 aromatic rings.